The van der Waals surface area contributed by atoms with Gasteiger partial charge < -0.3 is 10.2 Å². The third-order valence-electron chi connectivity index (χ3n) is 6.56. The lowest BCUT2D eigenvalue weighted by molar-refractivity contribution is -0.140. The molecule has 3 rings (SSSR count). The van der Waals surface area contributed by atoms with Gasteiger partial charge in [0.25, 0.3) is 10.0 Å². The van der Waals surface area contributed by atoms with E-state index >= 15 is 0 Å². The molecule has 0 aliphatic carbocycles. The lowest BCUT2D eigenvalue weighted by atomic mass is 10.1. The van der Waals surface area contributed by atoms with Gasteiger partial charge in [0, 0.05) is 33.2 Å². The van der Waals surface area contributed by atoms with Crippen molar-refractivity contribution in [1.29, 1.82) is 0 Å². The van der Waals surface area contributed by atoms with Gasteiger partial charge in [-0.05, 0) is 62.2 Å². The van der Waals surface area contributed by atoms with E-state index in [1.165, 1.54) is 35.2 Å². The number of carbonyl (C=O) groups excluding carboxylic acids is 2. The fourth-order valence-electron chi connectivity index (χ4n) is 4.12. The highest BCUT2D eigenvalue weighted by Gasteiger charge is 2.35. The maximum Gasteiger partial charge on any atom is 0.264 e. The Morgan fingerprint density at radius 3 is 2.07 bits per heavy atom. The maximum atomic E-state index is 14.2. The number of nitrogens with one attached hydrogen (secondary N) is 1. The van der Waals surface area contributed by atoms with E-state index in [0.717, 1.165) is 4.31 Å². The molecule has 12 heteroatoms. The van der Waals surface area contributed by atoms with Crippen LogP contribution in [0.2, 0.25) is 20.1 Å². The van der Waals surface area contributed by atoms with E-state index in [1.54, 1.807) is 43.3 Å². The summed E-state index contributed by atoms with van der Waals surface area (Å²) in [6, 6.07) is 15.8. The summed E-state index contributed by atoms with van der Waals surface area (Å²) < 4.78 is 28.7. The number of benzene rings is 3. The highest BCUT2D eigenvalue weighted by atomic mass is 35.5. The zero-order chi connectivity index (χ0) is 30.3. The number of hydrogen-bond acceptors (Lipinski definition) is 4. The van der Waals surface area contributed by atoms with Gasteiger partial charge in [0.1, 0.15) is 12.6 Å². The zero-order valence-electron chi connectivity index (χ0n) is 22.8. The summed E-state index contributed by atoms with van der Waals surface area (Å²) in [6.07, 6.45) is 0.933. The van der Waals surface area contributed by atoms with Crippen LogP contribution in [0.3, 0.4) is 0 Å². The molecule has 0 heterocycles. The Kier molecular flexibility index (Phi) is 11.8. The van der Waals surface area contributed by atoms with Gasteiger partial charge >= 0.3 is 0 Å². The number of halogens is 4. The second kappa shape index (κ2) is 14.6. The minimum atomic E-state index is -4.30. The van der Waals surface area contributed by atoms with Crippen molar-refractivity contribution < 1.29 is 18.0 Å². The molecule has 0 aliphatic rings. The summed E-state index contributed by atoms with van der Waals surface area (Å²) in [7, 11) is -4.30. The number of nitrogens with zero attached hydrogens (tertiary/aromatic N) is 2. The third kappa shape index (κ3) is 8.08. The van der Waals surface area contributed by atoms with Crippen LogP contribution in [0.15, 0.2) is 71.6 Å². The second-order valence-corrected chi connectivity index (χ2v) is 12.9. The number of hydrogen-bond donors (Lipinski definition) is 1. The average Bonchev–Trinajstić information content (AvgIpc) is 2.94. The molecule has 1 N–H and O–H groups in total. The molecular formula is C29H31Cl4N3O4S. The van der Waals surface area contributed by atoms with Gasteiger partial charge in [-0.1, -0.05) is 84.5 Å². The Balaban J connectivity index is 2.13. The normalized spacial score (nSPS) is 12.9. The number of amides is 2. The lowest BCUT2D eigenvalue weighted by Gasteiger charge is -2.34. The van der Waals surface area contributed by atoms with Crippen molar-refractivity contribution >= 4 is 73.9 Å². The predicted molar refractivity (Wildman–Crippen MR) is 166 cm³/mol. The van der Waals surface area contributed by atoms with Crippen molar-refractivity contribution in [2.45, 2.75) is 57.1 Å². The van der Waals surface area contributed by atoms with E-state index < -0.39 is 28.5 Å². The van der Waals surface area contributed by atoms with Crippen LogP contribution in [0.1, 0.15) is 39.2 Å². The molecule has 0 aliphatic heterocycles. The molecule has 7 nitrogen and oxygen atoms in total. The van der Waals surface area contributed by atoms with Crippen LogP contribution in [-0.2, 0) is 26.2 Å². The molecule has 2 atom stereocenters. The molecule has 0 saturated heterocycles. The van der Waals surface area contributed by atoms with E-state index in [9.17, 15) is 18.0 Å². The molecule has 0 spiro atoms. The van der Waals surface area contributed by atoms with Crippen LogP contribution in [-0.4, -0.2) is 43.8 Å². The molecule has 3 aromatic rings. The van der Waals surface area contributed by atoms with Crippen LogP contribution >= 0.6 is 46.4 Å². The first-order chi connectivity index (χ1) is 19.4. The Morgan fingerprint density at radius 2 is 1.49 bits per heavy atom. The Labute approximate surface area is 261 Å². The first-order valence-electron chi connectivity index (χ1n) is 13.0. The van der Waals surface area contributed by atoms with E-state index in [1.807, 2.05) is 13.8 Å². The Bertz CT molecular complexity index is 1470. The second-order valence-electron chi connectivity index (χ2n) is 9.38. The van der Waals surface area contributed by atoms with Gasteiger partial charge in [-0.15, -0.1) is 0 Å². The third-order valence-corrected chi connectivity index (χ3v) is 9.60. The highest BCUT2D eigenvalue weighted by molar-refractivity contribution is 7.92. The Morgan fingerprint density at radius 1 is 0.854 bits per heavy atom. The molecule has 41 heavy (non-hydrogen) atoms. The van der Waals surface area contributed by atoms with Crippen LogP contribution < -0.4 is 9.62 Å². The molecule has 0 aromatic heterocycles. The van der Waals surface area contributed by atoms with Crippen molar-refractivity contribution in [2.75, 3.05) is 10.8 Å². The average molecular weight is 659 g/mol. The fourth-order valence-corrected chi connectivity index (χ4v) is 6.52. The van der Waals surface area contributed by atoms with E-state index in [4.69, 9.17) is 46.4 Å². The van der Waals surface area contributed by atoms with Crippen molar-refractivity contribution in [1.82, 2.24) is 10.2 Å². The SMILES string of the molecule is CC[C@H](C(=O)N[C@@H](C)CC)N(Cc1c(Cl)cccc1Cl)C(=O)CN(c1cc(Cl)ccc1Cl)S(=O)(=O)c1ccccc1. The van der Waals surface area contributed by atoms with Crippen molar-refractivity contribution in [3.05, 3.63) is 92.4 Å². The minimum Gasteiger partial charge on any atom is -0.352 e. The predicted octanol–water partition coefficient (Wildman–Crippen LogP) is 7.22. The van der Waals surface area contributed by atoms with Gasteiger partial charge in [0.15, 0.2) is 0 Å². The molecule has 0 unspecified atom stereocenters. The molecule has 2 amide bonds. The van der Waals surface area contributed by atoms with Crippen molar-refractivity contribution in [3.8, 4) is 0 Å². The summed E-state index contributed by atoms with van der Waals surface area (Å²) in [5.41, 5.74) is 0.446. The first-order valence-corrected chi connectivity index (χ1v) is 15.9. The topological polar surface area (TPSA) is 86.8 Å². The van der Waals surface area contributed by atoms with Crippen molar-refractivity contribution in [2.24, 2.45) is 0 Å². The molecule has 0 saturated carbocycles. The fraction of sp³-hybridized carbons (Fsp3) is 0.310. The van der Waals surface area contributed by atoms with Gasteiger partial charge in [0.05, 0.1) is 15.6 Å². The zero-order valence-corrected chi connectivity index (χ0v) is 26.6. The number of anilines is 1. The summed E-state index contributed by atoms with van der Waals surface area (Å²) >= 11 is 25.5. The largest absolute Gasteiger partial charge is 0.352 e. The van der Waals surface area contributed by atoms with Crippen LogP contribution in [0.25, 0.3) is 0 Å². The smallest absolute Gasteiger partial charge is 0.264 e. The van der Waals surface area contributed by atoms with E-state index in [-0.39, 0.29) is 45.5 Å². The molecule has 0 radical (unpaired) electrons. The molecular weight excluding hydrogens is 628 g/mol. The van der Waals surface area contributed by atoms with E-state index in [2.05, 4.69) is 5.32 Å². The summed E-state index contributed by atoms with van der Waals surface area (Å²) in [4.78, 5) is 28.8. The number of rotatable bonds is 12. The standard InChI is InChI=1S/C29H31Cl4N3O4S/c1-4-19(3)34-29(38)26(5-2)35(17-22-23(31)12-9-13-24(22)32)28(37)18-36(27-16-20(30)14-15-25(27)33)41(39,40)21-10-7-6-8-11-21/h6-16,19,26H,4-5,17-18H2,1-3H3,(H,34,38)/t19-,26+/m0/s1. The van der Waals surface area contributed by atoms with Gasteiger partial charge in [0.2, 0.25) is 11.8 Å². The quantitative estimate of drug-likeness (QED) is 0.223. The molecule has 0 fully saturated rings. The molecule has 220 valence electrons. The molecule has 3 aromatic carbocycles. The van der Waals surface area contributed by atoms with Crippen LogP contribution in [0, 0.1) is 0 Å². The summed E-state index contributed by atoms with van der Waals surface area (Å²) in [5.74, 6) is -1.04. The molecule has 0 bridgehead atoms. The van der Waals surface area contributed by atoms with Gasteiger partial charge in [-0.2, -0.15) is 0 Å². The number of sulfonamides is 1. The minimum absolute atomic E-state index is 0.0178. The lowest BCUT2D eigenvalue weighted by Crippen LogP contribution is -2.53. The van der Waals surface area contributed by atoms with Crippen LogP contribution in [0.5, 0.6) is 0 Å². The number of carbonyl (C=O) groups is 2. The van der Waals surface area contributed by atoms with Crippen LogP contribution in [0.4, 0.5) is 5.69 Å². The highest BCUT2D eigenvalue weighted by Crippen LogP contribution is 2.34. The Hall–Kier alpha value is -2.49. The summed E-state index contributed by atoms with van der Waals surface area (Å²) in [5, 5.41) is 3.83. The van der Waals surface area contributed by atoms with Gasteiger partial charge in [-0.25, -0.2) is 8.42 Å². The maximum absolute atomic E-state index is 14.2. The summed E-state index contributed by atoms with van der Waals surface area (Å²) in [6.45, 7) is 4.75. The monoisotopic (exact) mass is 657 g/mol. The van der Waals surface area contributed by atoms with E-state index in [0.29, 0.717) is 22.0 Å². The van der Waals surface area contributed by atoms with Gasteiger partial charge in [-0.3, -0.25) is 13.9 Å². The van der Waals surface area contributed by atoms with Crippen molar-refractivity contribution in [3.63, 3.8) is 0 Å². The first kappa shape index (κ1) is 33.0.